The molecule has 1 aromatic rings. The molecule has 2 unspecified atom stereocenters. The van der Waals surface area contributed by atoms with Crippen LogP contribution in [0.1, 0.15) is 24.4 Å². The molecule has 2 amide bonds. The molecule has 0 fully saturated rings. The number of nitrogens with one attached hydrogen (secondary N) is 2. The maximum Gasteiger partial charge on any atom is 0.224 e. The first-order valence-electron chi connectivity index (χ1n) is 8.64. The van der Waals surface area contributed by atoms with Gasteiger partial charge in [0.25, 0.3) is 0 Å². The van der Waals surface area contributed by atoms with Gasteiger partial charge in [0.15, 0.2) is 0 Å². The first kappa shape index (κ1) is 21.8. The zero-order valence-corrected chi connectivity index (χ0v) is 14.9. The number of aliphatic hydroxyl groups excluding tert-OH is 2. The van der Waals surface area contributed by atoms with Gasteiger partial charge in [0.05, 0.1) is 38.4 Å². The van der Waals surface area contributed by atoms with Crippen LogP contribution >= 0.6 is 0 Å². The molecule has 0 bridgehead atoms. The van der Waals surface area contributed by atoms with Gasteiger partial charge >= 0.3 is 0 Å². The summed E-state index contributed by atoms with van der Waals surface area (Å²) in [6, 6.07) is 8.64. The van der Waals surface area contributed by atoms with E-state index in [2.05, 4.69) is 17.2 Å². The van der Waals surface area contributed by atoms with Gasteiger partial charge < -0.3 is 25.6 Å². The molecule has 1 rings (SSSR count). The first-order valence-corrected chi connectivity index (χ1v) is 8.64. The Morgan fingerprint density at radius 3 is 2.54 bits per heavy atom. The summed E-state index contributed by atoms with van der Waals surface area (Å²) in [5, 5.41) is 23.6. The van der Waals surface area contributed by atoms with Gasteiger partial charge in [-0.25, -0.2) is 0 Å². The maximum absolute atomic E-state index is 12.5. The fourth-order valence-electron chi connectivity index (χ4n) is 2.42. The highest BCUT2D eigenvalue weighted by molar-refractivity contribution is 5.86. The molecule has 0 saturated carbocycles. The minimum Gasteiger partial charge on any atom is -0.394 e. The lowest BCUT2D eigenvalue weighted by Gasteiger charge is -2.21. The molecule has 0 heterocycles. The third-order valence-electron chi connectivity index (χ3n) is 3.76. The average molecular weight is 364 g/mol. The Morgan fingerprint density at radius 1 is 1.19 bits per heavy atom. The third kappa shape index (κ3) is 8.24. The summed E-state index contributed by atoms with van der Waals surface area (Å²) in [6.07, 6.45) is 1.97. The minimum absolute atomic E-state index is 0.0186. The summed E-state index contributed by atoms with van der Waals surface area (Å²) in [6.45, 7) is 4.17. The van der Waals surface area contributed by atoms with Gasteiger partial charge in [-0.2, -0.15) is 0 Å². The van der Waals surface area contributed by atoms with Crippen molar-refractivity contribution in [3.8, 4) is 0 Å². The molecular formula is C19H28N2O5. The third-order valence-corrected chi connectivity index (χ3v) is 3.76. The van der Waals surface area contributed by atoms with E-state index in [0.29, 0.717) is 19.6 Å². The van der Waals surface area contributed by atoms with Gasteiger partial charge in [0.1, 0.15) is 0 Å². The topological polar surface area (TPSA) is 108 Å². The summed E-state index contributed by atoms with van der Waals surface area (Å²) in [5.41, 5.74) is 0.797. The van der Waals surface area contributed by atoms with Crippen molar-refractivity contribution in [1.82, 2.24) is 10.6 Å². The van der Waals surface area contributed by atoms with Crippen molar-refractivity contribution in [2.75, 3.05) is 33.0 Å². The molecule has 7 nitrogen and oxygen atoms in total. The van der Waals surface area contributed by atoms with E-state index in [4.69, 9.17) is 9.84 Å². The molecule has 144 valence electrons. The van der Waals surface area contributed by atoms with Crippen molar-refractivity contribution >= 4 is 11.8 Å². The maximum atomic E-state index is 12.5. The van der Waals surface area contributed by atoms with Crippen LogP contribution in [0.25, 0.3) is 0 Å². The van der Waals surface area contributed by atoms with Gasteiger partial charge in [-0.1, -0.05) is 36.4 Å². The van der Waals surface area contributed by atoms with Crippen molar-refractivity contribution in [3.63, 3.8) is 0 Å². The van der Waals surface area contributed by atoms with E-state index >= 15 is 0 Å². The lowest BCUT2D eigenvalue weighted by atomic mass is 9.98. The predicted octanol–water partition coefficient (Wildman–Crippen LogP) is 0.544. The quantitative estimate of drug-likeness (QED) is 0.302. The van der Waals surface area contributed by atoms with E-state index in [1.807, 2.05) is 30.3 Å². The molecule has 0 aromatic heterocycles. The zero-order chi connectivity index (χ0) is 19.2. The average Bonchev–Trinajstić information content (AvgIpc) is 2.66. The van der Waals surface area contributed by atoms with Crippen LogP contribution in [0.4, 0.5) is 0 Å². The molecular weight excluding hydrogens is 336 g/mol. The van der Waals surface area contributed by atoms with Gasteiger partial charge in [-0.15, -0.1) is 6.58 Å². The summed E-state index contributed by atoms with van der Waals surface area (Å²) in [7, 11) is 0. The molecule has 0 aliphatic carbocycles. The smallest absolute Gasteiger partial charge is 0.224 e. The van der Waals surface area contributed by atoms with Crippen LogP contribution in [0.15, 0.2) is 43.0 Å². The highest BCUT2D eigenvalue weighted by Crippen LogP contribution is 2.15. The molecule has 1 aromatic carbocycles. The van der Waals surface area contributed by atoms with Crippen LogP contribution < -0.4 is 10.6 Å². The van der Waals surface area contributed by atoms with E-state index in [1.165, 1.54) is 0 Å². The largest absolute Gasteiger partial charge is 0.394 e. The minimum atomic E-state index is -0.566. The number of ether oxygens (including phenoxy) is 1. The Labute approximate surface area is 154 Å². The molecule has 0 aliphatic rings. The van der Waals surface area contributed by atoms with Crippen molar-refractivity contribution in [2.24, 2.45) is 5.92 Å². The van der Waals surface area contributed by atoms with Gasteiger partial charge in [-0.3, -0.25) is 9.59 Å². The molecule has 4 N–H and O–H groups in total. The van der Waals surface area contributed by atoms with Crippen molar-refractivity contribution in [3.05, 3.63) is 48.6 Å². The van der Waals surface area contributed by atoms with Crippen LogP contribution in [0, 0.1) is 5.92 Å². The second-order valence-electron chi connectivity index (χ2n) is 5.77. The van der Waals surface area contributed by atoms with Gasteiger partial charge in [0.2, 0.25) is 11.8 Å². The van der Waals surface area contributed by atoms with E-state index < -0.39 is 12.0 Å². The van der Waals surface area contributed by atoms with Crippen molar-refractivity contribution in [1.29, 1.82) is 0 Å². The van der Waals surface area contributed by atoms with E-state index in [-0.39, 0.29) is 38.1 Å². The fraction of sp³-hybridized carbons (Fsp3) is 0.474. The van der Waals surface area contributed by atoms with Crippen molar-refractivity contribution < 1.29 is 24.5 Å². The second-order valence-corrected chi connectivity index (χ2v) is 5.77. The number of benzene rings is 1. The number of allylic oxidation sites excluding steroid dienone is 1. The molecule has 0 spiro atoms. The summed E-state index contributed by atoms with van der Waals surface area (Å²) in [5.74, 6) is -1.14. The Balaban J connectivity index is 2.54. The Morgan fingerprint density at radius 2 is 1.92 bits per heavy atom. The number of hydrogen-bond acceptors (Lipinski definition) is 5. The normalized spacial score (nSPS) is 12.8. The van der Waals surface area contributed by atoms with Crippen LogP contribution in [-0.4, -0.2) is 55.0 Å². The fourth-order valence-corrected chi connectivity index (χ4v) is 2.42. The zero-order valence-electron chi connectivity index (χ0n) is 14.9. The van der Waals surface area contributed by atoms with Crippen LogP contribution in [0.2, 0.25) is 0 Å². The predicted molar refractivity (Wildman–Crippen MR) is 98.2 cm³/mol. The number of amides is 2. The lowest BCUT2D eigenvalue weighted by Crippen LogP contribution is -2.38. The standard InChI is InChI=1S/C19H28N2O5/c1-2-6-16(13-18(24)20-9-11-26-12-10-22)19(25)21-17(14-23)15-7-4-3-5-8-15/h2-5,7-8,16-17,22-23H,1,6,9-14H2,(H,20,24)(H,21,25). The molecule has 26 heavy (non-hydrogen) atoms. The second kappa shape index (κ2) is 13.0. The van der Waals surface area contributed by atoms with E-state index in [0.717, 1.165) is 5.56 Å². The van der Waals surface area contributed by atoms with Crippen LogP contribution in [-0.2, 0) is 14.3 Å². The Hall–Kier alpha value is -2.22. The van der Waals surface area contributed by atoms with E-state index in [9.17, 15) is 14.7 Å². The Kier molecular flexibility index (Phi) is 10.9. The number of hydrogen-bond donors (Lipinski definition) is 4. The summed E-state index contributed by atoms with van der Waals surface area (Å²) < 4.78 is 5.06. The first-order chi connectivity index (χ1) is 12.6. The summed E-state index contributed by atoms with van der Waals surface area (Å²) >= 11 is 0. The van der Waals surface area contributed by atoms with Gasteiger partial charge in [-0.05, 0) is 12.0 Å². The molecule has 0 saturated heterocycles. The number of rotatable bonds is 13. The molecule has 0 aliphatic heterocycles. The molecule has 0 radical (unpaired) electrons. The molecule has 2 atom stereocenters. The van der Waals surface area contributed by atoms with Crippen LogP contribution in [0.3, 0.4) is 0 Å². The number of aliphatic hydroxyl groups is 2. The SMILES string of the molecule is C=CCC(CC(=O)NCCOCCO)C(=O)NC(CO)c1ccccc1. The molecule has 7 heteroatoms. The van der Waals surface area contributed by atoms with Crippen molar-refractivity contribution in [2.45, 2.75) is 18.9 Å². The monoisotopic (exact) mass is 364 g/mol. The lowest BCUT2D eigenvalue weighted by molar-refractivity contribution is -0.131. The number of carbonyl (C=O) groups excluding carboxylic acids is 2. The van der Waals surface area contributed by atoms with Gasteiger partial charge in [0, 0.05) is 13.0 Å². The summed E-state index contributed by atoms with van der Waals surface area (Å²) in [4.78, 5) is 24.5. The highest BCUT2D eigenvalue weighted by atomic mass is 16.5. The number of carbonyl (C=O) groups is 2. The highest BCUT2D eigenvalue weighted by Gasteiger charge is 2.23. The Bertz CT molecular complexity index is 550. The van der Waals surface area contributed by atoms with Crippen LogP contribution in [0.5, 0.6) is 0 Å². The van der Waals surface area contributed by atoms with E-state index in [1.54, 1.807) is 6.08 Å².